The number of nitro benzene ring substituents is 1. The summed E-state index contributed by atoms with van der Waals surface area (Å²) < 4.78 is 1.00. The third-order valence-electron chi connectivity index (χ3n) is 5.20. The molecule has 3 amide bonds. The van der Waals surface area contributed by atoms with Crippen LogP contribution in [-0.4, -0.2) is 39.1 Å². The van der Waals surface area contributed by atoms with Crippen LogP contribution in [0.4, 0.5) is 11.4 Å². The lowest BCUT2D eigenvalue weighted by atomic mass is 10.1. The van der Waals surface area contributed by atoms with Gasteiger partial charge in [-0.2, -0.15) is 0 Å². The lowest BCUT2D eigenvalue weighted by Crippen LogP contribution is -2.37. The van der Waals surface area contributed by atoms with Gasteiger partial charge in [0.05, 0.1) is 26.4 Å². The number of nitrogens with zero attached hydrogens (tertiary/aromatic N) is 3. The van der Waals surface area contributed by atoms with Gasteiger partial charge in [0, 0.05) is 11.6 Å². The molecule has 1 aliphatic rings. The smallest absolute Gasteiger partial charge is 0.282 e. The molecule has 1 aliphatic heterocycles. The van der Waals surface area contributed by atoms with Gasteiger partial charge >= 0.3 is 0 Å². The van der Waals surface area contributed by atoms with Crippen LogP contribution < -0.4 is 5.32 Å². The second-order valence-corrected chi connectivity index (χ2v) is 8.26. The minimum absolute atomic E-state index is 0.0862. The molecule has 5 rings (SSSR count). The van der Waals surface area contributed by atoms with Gasteiger partial charge in [0.15, 0.2) is 0 Å². The van der Waals surface area contributed by atoms with E-state index in [9.17, 15) is 24.5 Å². The molecule has 10 heteroatoms. The van der Waals surface area contributed by atoms with Crippen molar-refractivity contribution in [1.29, 1.82) is 0 Å². The quantitative estimate of drug-likeness (QED) is 0.273. The average Bonchev–Trinajstić information content (AvgIpc) is 3.34. The van der Waals surface area contributed by atoms with Crippen LogP contribution in [0.1, 0.15) is 20.7 Å². The van der Waals surface area contributed by atoms with E-state index in [2.05, 4.69) is 10.3 Å². The molecule has 0 atom stereocenters. The van der Waals surface area contributed by atoms with Crippen molar-refractivity contribution in [3.8, 4) is 10.6 Å². The molecule has 0 bridgehead atoms. The van der Waals surface area contributed by atoms with Gasteiger partial charge in [0.2, 0.25) is 5.91 Å². The number of carbonyl (C=O) groups is 3. The van der Waals surface area contributed by atoms with Crippen molar-refractivity contribution in [2.45, 2.75) is 0 Å². The number of fused-ring (bicyclic) bond motifs is 2. The van der Waals surface area contributed by atoms with Crippen LogP contribution in [0.5, 0.6) is 0 Å². The van der Waals surface area contributed by atoms with Gasteiger partial charge in [-0.3, -0.25) is 29.4 Å². The molecule has 0 unspecified atom stereocenters. The van der Waals surface area contributed by atoms with Crippen molar-refractivity contribution in [2.75, 3.05) is 11.9 Å². The van der Waals surface area contributed by atoms with E-state index in [-0.39, 0.29) is 11.1 Å². The summed E-state index contributed by atoms with van der Waals surface area (Å²) in [5.41, 5.74) is 1.17. The van der Waals surface area contributed by atoms with E-state index >= 15 is 0 Å². The molecule has 1 N–H and O–H groups in total. The zero-order valence-corrected chi connectivity index (χ0v) is 17.7. The molecule has 2 heterocycles. The molecule has 4 aromatic rings. The highest BCUT2D eigenvalue weighted by Crippen LogP contribution is 2.35. The fourth-order valence-electron chi connectivity index (χ4n) is 3.71. The molecule has 162 valence electrons. The van der Waals surface area contributed by atoms with Gasteiger partial charge in [-0.15, -0.1) is 11.3 Å². The second-order valence-electron chi connectivity index (χ2n) is 7.23. The number of anilines is 1. The van der Waals surface area contributed by atoms with E-state index in [0.717, 1.165) is 16.3 Å². The number of aromatic nitrogens is 1. The Labute approximate surface area is 190 Å². The minimum atomic E-state index is -0.864. The molecule has 0 fully saturated rings. The number of nitro groups is 1. The van der Waals surface area contributed by atoms with Crippen LogP contribution in [0.25, 0.3) is 20.8 Å². The van der Waals surface area contributed by atoms with Crippen molar-refractivity contribution >= 4 is 50.6 Å². The monoisotopic (exact) mass is 458 g/mol. The Balaban J connectivity index is 1.40. The highest BCUT2D eigenvalue weighted by atomic mass is 32.1. The summed E-state index contributed by atoms with van der Waals surface area (Å²) in [6.45, 7) is -0.572. The maximum absolute atomic E-state index is 12.8. The molecule has 0 saturated heterocycles. The zero-order valence-electron chi connectivity index (χ0n) is 16.8. The first-order valence-electron chi connectivity index (χ1n) is 9.82. The van der Waals surface area contributed by atoms with Crippen molar-refractivity contribution in [2.24, 2.45) is 0 Å². The van der Waals surface area contributed by atoms with E-state index in [4.69, 9.17) is 0 Å². The molecule has 33 heavy (non-hydrogen) atoms. The van der Waals surface area contributed by atoms with E-state index in [1.807, 2.05) is 36.4 Å². The fraction of sp³-hybridized carbons (Fsp3) is 0.0435. The number of nitrogens with one attached hydrogen (secondary N) is 1. The summed E-state index contributed by atoms with van der Waals surface area (Å²) in [6.07, 6.45) is 0. The van der Waals surface area contributed by atoms with Gasteiger partial charge in [-0.05, 0) is 30.3 Å². The van der Waals surface area contributed by atoms with E-state index in [0.29, 0.717) is 21.2 Å². The molecule has 9 nitrogen and oxygen atoms in total. The third-order valence-corrected chi connectivity index (χ3v) is 6.27. The predicted molar refractivity (Wildman–Crippen MR) is 122 cm³/mol. The average molecular weight is 458 g/mol. The first-order valence-corrected chi connectivity index (χ1v) is 10.6. The standard InChI is InChI=1S/C23H14N4O5S/c28-19(12-26-22(29)14-7-5-10-17(27(31)32)20(14)23(26)30)24-15-8-2-1-6-13(15)21-25-16-9-3-4-11-18(16)33-21/h1-11H,12H2,(H,24,28). The molecular formula is C23H14N4O5S. The van der Waals surface area contributed by atoms with Crippen molar-refractivity contribution < 1.29 is 19.3 Å². The predicted octanol–water partition coefficient (Wildman–Crippen LogP) is 4.11. The number of imide groups is 1. The summed E-state index contributed by atoms with van der Waals surface area (Å²) >= 11 is 1.48. The van der Waals surface area contributed by atoms with Crippen LogP contribution in [0.15, 0.2) is 66.7 Å². The number of hydrogen-bond acceptors (Lipinski definition) is 7. The first kappa shape index (κ1) is 20.5. The molecule has 0 aliphatic carbocycles. The van der Waals surface area contributed by atoms with Gasteiger partial charge in [0.1, 0.15) is 17.1 Å². The topological polar surface area (TPSA) is 123 Å². The van der Waals surface area contributed by atoms with E-state index in [1.165, 1.54) is 23.5 Å². The summed E-state index contributed by atoms with van der Waals surface area (Å²) in [6, 6.07) is 18.6. The lowest BCUT2D eigenvalue weighted by molar-refractivity contribution is -0.385. The van der Waals surface area contributed by atoms with Gasteiger partial charge in [-0.1, -0.05) is 30.3 Å². The lowest BCUT2D eigenvalue weighted by Gasteiger charge is -2.14. The van der Waals surface area contributed by atoms with Crippen LogP contribution in [0.2, 0.25) is 0 Å². The normalized spacial score (nSPS) is 12.8. The highest BCUT2D eigenvalue weighted by Gasteiger charge is 2.41. The summed E-state index contributed by atoms with van der Waals surface area (Å²) in [5.74, 6) is -2.22. The first-order chi connectivity index (χ1) is 15.9. The minimum Gasteiger partial charge on any atom is -0.324 e. The second kappa shape index (κ2) is 7.92. The molecular weight excluding hydrogens is 444 g/mol. The summed E-state index contributed by atoms with van der Waals surface area (Å²) in [5, 5.41) is 14.7. The Bertz CT molecular complexity index is 1450. The Kier molecular flexibility index (Phi) is 4.91. The summed E-state index contributed by atoms with van der Waals surface area (Å²) in [4.78, 5) is 54.0. The number of amides is 3. The third kappa shape index (κ3) is 3.52. The largest absolute Gasteiger partial charge is 0.324 e. The van der Waals surface area contributed by atoms with Crippen LogP contribution in [-0.2, 0) is 4.79 Å². The maximum Gasteiger partial charge on any atom is 0.282 e. The summed E-state index contributed by atoms with van der Waals surface area (Å²) in [7, 11) is 0. The Hall–Kier alpha value is -4.44. The number of rotatable bonds is 5. The van der Waals surface area contributed by atoms with Crippen molar-refractivity contribution in [3.63, 3.8) is 0 Å². The van der Waals surface area contributed by atoms with Crippen LogP contribution in [0, 0.1) is 10.1 Å². The molecule has 1 aromatic heterocycles. The fourth-order valence-corrected chi connectivity index (χ4v) is 4.72. The number of carbonyl (C=O) groups excluding carboxylic acids is 3. The van der Waals surface area contributed by atoms with Crippen LogP contribution >= 0.6 is 11.3 Å². The van der Waals surface area contributed by atoms with Crippen molar-refractivity contribution in [3.05, 3.63) is 88.0 Å². The molecule has 0 saturated carbocycles. The highest BCUT2D eigenvalue weighted by molar-refractivity contribution is 7.21. The van der Waals surface area contributed by atoms with E-state index in [1.54, 1.807) is 12.1 Å². The van der Waals surface area contributed by atoms with Gasteiger partial charge in [-0.25, -0.2) is 4.98 Å². The number of hydrogen-bond donors (Lipinski definition) is 1. The van der Waals surface area contributed by atoms with E-state index < -0.39 is 34.9 Å². The number of thiazole rings is 1. The molecule has 3 aromatic carbocycles. The van der Waals surface area contributed by atoms with Crippen molar-refractivity contribution in [1.82, 2.24) is 9.88 Å². The Morgan fingerprint density at radius 1 is 0.970 bits per heavy atom. The zero-order chi connectivity index (χ0) is 23.1. The SMILES string of the molecule is O=C(CN1C(=O)c2cccc([N+](=O)[O-])c2C1=O)Nc1ccccc1-c1nc2ccccc2s1. The van der Waals surface area contributed by atoms with Crippen LogP contribution in [0.3, 0.4) is 0 Å². The molecule has 0 radical (unpaired) electrons. The Morgan fingerprint density at radius 2 is 1.70 bits per heavy atom. The van der Waals surface area contributed by atoms with Gasteiger partial charge in [0.25, 0.3) is 17.5 Å². The maximum atomic E-state index is 12.8. The number of benzene rings is 3. The number of para-hydroxylation sites is 2. The van der Waals surface area contributed by atoms with Gasteiger partial charge < -0.3 is 5.32 Å². The Morgan fingerprint density at radius 3 is 2.48 bits per heavy atom. The molecule has 0 spiro atoms.